The van der Waals surface area contributed by atoms with Gasteiger partial charge in [0.05, 0.1) is 23.4 Å². The van der Waals surface area contributed by atoms with Crippen molar-refractivity contribution in [1.82, 2.24) is 5.32 Å². The summed E-state index contributed by atoms with van der Waals surface area (Å²) in [5, 5.41) is 2.82. The molecule has 0 radical (unpaired) electrons. The molecular weight excluding hydrogens is 378 g/mol. The van der Waals surface area contributed by atoms with Crippen molar-refractivity contribution in [3.63, 3.8) is 0 Å². The van der Waals surface area contributed by atoms with E-state index in [2.05, 4.69) is 5.32 Å². The van der Waals surface area contributed by atoms with Gasteiger partial charge < -0.3 is 14.8 Å². The van der Waals surface area contributed by atoms with Gasteiger partial charge in [0.15, 0.2) is 9.84 Å². The third-order valence-electron chi connectivity index (χ3n) is 4.28. The summed E-state index contributed by atoms with van der Waals surface area (Å²) in [7, 11) is -1.94. The summed E-state index contributed by atoms with van der Waals surface area (Å²) in [4.78, 5) is 12.4. The van der Waals surface area contributed by atoms with Crippen LogP contribution in [0.15, 0.2) is 59.5 Å². The number of sulfone groups is 1. The summed E-state index contributed by atoms with van der Waals surface area (Å²) >= 11 is 0. The fourth-order valence-corrected chi connectivity index (χ4v) is 3.75. The summed E-state index contributed by atoms with van der Waals surface area (Å²) in [6, 6.07) is 15.9. The van der Waals surface area contributed by atoms with Crippen LogP contribution in [-0.2, 0) is 19.3 Å². The number of amides is 1. The van der Waals surface area contributed by atoms with E-state index in [0.29, 0.717) is 25.1 Å². The van der Waals surface area contributed by atoms with Gasteiger partial charge in [-0.15, -0.1) is 0 Å². The van der Waals surface area contributed by atoms with E-state index in [9.17, 15) is 13.2 Å². The van der Waals surface area contributed by atoms with Gasteiger partial charge in [-0.25, -0.2) is 8.42 Å². The number of methoxy groups -OCH3 is 1. The smallest absolute Gasteiger partial charge is 0.251 e. The lowest BCUT2D eigenvalue weighted by atomic mass is 10.1. The van der Waals surface area contributed by atoms with E-state index < -0.39 is 9.84 Å². The molecule has 0 saturated heterocycles. The van der Waals surface area contributed by atoms with E-state index in [-0.39, 0.29) is 29.3 Å². The number of rotatable bonds is 11. The SMILES string of the molecule is COCCS(=O)(=O)c1ccc(C(=O)NCCCOC(C)c2ccccc2)cc1. The monoisotopic (exact) mass is 405 g/mol. The van der Waals surface area contributed by atoms with Crippen molar-refractivity contribution >= 4 is 15.7 Å². The van der Waals surface area contributed by atoms with Gasteiger partial charge in [-0.2, -0.15) is 0 Å². The van der Waals surface area contributed by atoms with Crippen LogP contribution in [0.5, 0.6) is 0 Å². The fraction of sp³-hybridized carbons (Fsp3) is 0.381. The highest BCUT2D eigenvalue weighted by Crippen LogP contribution is 2.16. The number of benzene rings is 2. The van der Waals surface area contributed by atoms with Crippen molar-refractivity contribution in [2.24, 2.45) is 0 Å². The third-order valence-corrected chi connectivity index (χ3v) is 5.97. The molecule has 0 spiro atoms. The molecule has 152 valence electrons. The molecule has 0 bridgehead atoms. The Morgan fingerprint density at radius 2 is 1.71 bits per heavy atom. The van der Waals surface area contributed by atoms with Crippen LogP contribution in [0.4, 0.5) is 0 Å². The summed E-state index contributed by atoms with van der Waals surface area (Å²) < 4.78 is 34.7. The molecule has 2 rings (SSSR count). The average Bonchev–Trinajstić information content (AvgIpc) is 2.72. The molecule has 0 aliphatic rings. The molecule has 2 aromatic carbocycles. The first-order chi connectivity index (χ1) is 13.4. The van der Waals surface area contributed by atoms with Crippen molar-refractivity contribution in [2.45, 2.75) is 24.3 Å². The molecule has 1 N–H and O–H groups in total. The zero-order valence-corrected chi connectivity index (χ0v) is 17.1. The lowest BCUT2D eigenvalue weighted by Gasteiger charge is -2.13. The Hall–Kier alpha value is -2.22. The van der Waals surface area contributed by atoms with Crippen LogP contribution < -0.4 is 5.32 Å². The van der Waals surface area contributed by atoms with Crippen LogP contribution in [0.25, 0.3) is 0 Å². The van der Waals surface area contributed by atoms with Gasteiger partial charge in [-0.1, -0.05) is 30.3 Å². The van der Waals surface area contributed by atoms with E-state index >= 15 is 0 Å². The normalized spacial score (nSPS) is 12.5. The van der Waals surface area contributed by atoms with Crippen LogP contribution in [0.2, 0.25) is 0 Å². The van der Waals surface area contributed by atoms with Gasteiger partial charge >= 0.3 is 0 Å². The molecule has 6 nitrogen and oxygen atoms in total. The molecule has 0 fully saturated rings. The summed E-state index contributed by atoms with van der Waals surface area (Å²) in [6.45, 7) is 3.15. The number of ether oxygens (including phenoxy) is 2. The molecule has 2 aromatic rings. The number of nitrogens with one attached hydrogen (secondary N) is 1. The molecule has 1 atom stereocenters. The number of carbonyl (C=O) groups excluding carboxylic acids is 1. The van der Waals surface area contributed by atoms with Gasteiger partial charge in [0.2, 0.25) is 0 Å². The number of carbonyl (C=O) groups is 1. The Labute approximate surface area is 166 Å². The van der Waals surface area contributed by atoms with Crippen molar-refractivity contribution in [3.8, 4) is 0 Å². The fourth-order valence-electron chi connectivity index (χ4n) is 2.58. The maximum atomic E-state index is 12.2. The van der Waals surface area contributed by atoms with Crippen molar-refractivity contribution in [3.05, 3.63) is 65.7 Å². The van der Waals surface area contributed by atoms with Gasteiger partial charge in [0.25, 0.3) is 5.91 Å². The molecule has 1 amide bonds. The lowest BCUT2D eigenvalue weighted by molar-refractivity contribution is 0.0635. The quantitative estimate of drug-likeness (QED) is 0.581. The van der Waals surface area contributed by atoms with Crippen molar-refractivity contribution in [2.75, 3.05) is 32.6 Å². The highest BCUT2D eigenvalue weighted by molar-refractivity contribution is 7.91. The Bertz CT molecular complexity index is 835. The van der Waals surface area contributed by atoms with Gasteiger partial charge in [0.1, 0.15) is 0 Å². The second-order valence-corrected chi connectivity index (χ2v) is 8.48. The summed E-state index contributed by atoms with van der Waals surface area (Å²) in [6.07, 6.45) is 0.691. The second kappa shape index (κ2) is 10.9. The first kappa shape index (κ1) is 22.1. The highest BCUT2D eigenvalue weighted by atomic mass is 32.2. The van der Waals surface area contributed by atoms with E-state index in [1.807, 2.05) is 37.3 Å². The van der Waals surface area contributed by atoms with Crippen LogP contribution >= 0.6 is 0 Å². The molecule has 0 aliphatic heterocycles. The van der Waals surface area contributed by atoms with E-state index in [1.54, 1.807) is 0 Å². The van der Waals surface area contributed by atoms with Crippen LogP contribution in [0.3, 0.4) is 0 Å². The second-order valence-electron chi connectivity index (χ2n) is 6.37. The lowest BCUT2D eigenvalue weighted by Crippen LogP contribution is -2.25. The van der Waals surface area contributed by atoms with E-state index in [0.717, 1.165) is 5.56 Å². The van der Waals surface area contributed by atoms with Crippen LogP contribution in [0, 0.1) is 0 Å². The maximum absolute atomic E-state index is 12.2. The Morgan fingerprint density at radius 1 is 1.04 bits per heavy atom. The largest absolute Gasteiger partial charge is 0.384 e. The average molecular weight is 406 g/mol. The standard InChI is InChI=1S/C21H27NO5S/c1-17(18-7-4-3-5-8-18)27-14-6-13-22-21(23)19-9-11-20(12-10-19)28(24,25)16-15-26-2/h3-5,7-12,17H,6,13-16H2,1-2H3,(H,22,23). The highest BCUT2D eigenvalue weighted by Gasteiger charge is 2.15. The van der Waals surface area contributed by atoms with Gasteiger partial charge in [-0.3, -0.25) is 4.79 Å². The minimum absolute atomic E-state index is 0.00417. The predicted molar refractivity (Wildman–Crippen MR) is 108 cm³/mol. The molecule has 28 heavy (non-hydrogen) atoms. The first-order valence-corrected chi connectivity index (χ1v) is 10.9. The molecule has 1 unspecified atom stereocenters. The Balaban J connectivity index is 1.74. The van der Waals surface area contributed by atoms with E-state index in [1.165, 1.54) is 31.4 Å². The molecule has 0 aromatic heterocycles. The predicted octanol–water partition coefficient (Wildman–Crippen LogP) is 3.00. The summed E-state index contributed by atoms with van der Waals surface area (Å²) in [5.74, 6) is -0.326. The summed E-state index contributed by atoms with van der Waals surface area (Å²) in [5.41, 5.74) is 1.54. The molecule has 0 aliphatic carbocycles. The Morgan fingerprint density at radius 3 is 2.36 bits per heavy atom. The Kier molecular flexibility index (Phi) is 8.63. The minimum atomic E-state index is -3.39. The minimum Gasteiger partial charge on any atom is -0.384 e. The zero-order valence-electron chi connectivity index (χ0n) is 16.3. The zero-order chi connectivity index (χ0) is 20.4. The topological polar surface area (TPSA) is 81.7 Å². The number of hydrogen-bond acceptors (Lipinski definition) is 5. The third kappa shape index (κ3) is 6.74. The van der Waals surface area contributed by atoms with Crippen molar-refractivity contribution in [1.29, 1.82) is 0 Å². The van der Waals surface area contributed by atoms with Crippen LogP contribution in [-0.4, -0.2) is 46.9 Å². The molecule has 0 saturated carbocycles. The molecule has 0 heterocycles. The number of hydrogen-bond donors (Lipinski definition) is 1. The molecular formula is C21H27NO5S. The maximum Gasteiger partial charge on any atom is 0.251 e. The van der Waals surface area contributed by atoms with Gasteiger partial charge in [-0.05, 0) is 43.2 Å². The van der Waals surface area contributed by atoms with Crippen molar-refractivity contribution < 1.29 is 22.7 Å². The molecule has 7 heteroatoms. The van der Waals surface area contributed by atoms with Crippen LogP contribution in [0.1, 0.15) is 35.4 Å². The van der Waals surface area contributed by atoms with E-state index in [4.69, 9.17) is 9.47 Å². The first-order valence-electron chi connectivity index (χ1n) is 9.20. The van der Waals surface area contributed by atoms with Gasteiger partial charge in [0, 0.05) is 25.8 Å².